The summed E-state index contributed by atoms with van der Waals surface area (Å²) in [4.78, 5) is 4.37. The van der Waals surface area contributed by atoms with Gasteiger partial charge >= 0.3 is 0 Å². The first-order valence-corrected chi connectivity index (χ1v) is 9.62. The Morgan fingerprint density at radius 2 is 1.62 bits per heavy atom. The monoisotopic (exact) mass is 355 g/mol. The highest BCUT2D eigenvalue weighted by Gasteiger charge is 2.22. The molecule has 0 amide bonds. The Kier molecular flexibility index (Phi) is 7.36. The molecule has 0 saturated heterocycles. The summed E-state index contributed by atoms with van der Waals surface area (Å²) in [6.07, 6.45) is 6.95. The average molecular weight is 356 g/mol. The number of unbranched alkanes of at least 4 members (excludes halogenated alkanes) is 1. The minimum Gasteiger partial charge on any atom is -0.390 e. The van der Waals surface area contributed by atoms with Crippen molar-refractivity contribution in [1.29, 1.82) is 0 Å². The summed E-state index contributed by atoms with van der Waals surface area (Å²) >= 11 is 0. The predicted octanol–water partition coefficient (Wildman–Crippen LogP) is 5.06. The summed E-state index contributed by atoms with van der Waals surface area (Å²) in [5.74, 6) is 0. The number of hydrogen-bond donors (Lipinski definition) is 1. The van der Waals surface area contributed by atoms with Crippen LogP contribution in [0.5, 0.6) is 0 Å². The second-order valence-electron chi connectivity index (χ2n) is 8.15. The maximum Gasteiger partial charge on any atom is 0.0875 e. The van der Waals surface area contributed by atoms with Crippen molar-refractivity contribution < 1.29 is 9.84 Å². The van der Waals surface area contributed by atoms with Crippen LogP contribution in [-0.2, 0) is 23.2 Å². The Bertz CT molecular complexity index is 642. The number of benzene rings is 1. The number of aromatic nitrogens is 1. The number of rotatable bonds is 10. The Hall–Kier alpha value is -1.71. The van der Waals surface area contributed by atoms with Gasteiger partial charge in [-0.15, -0.1) is 0 Å². The quantitative estimate of drug-likeness (QED) is 0.606. The maximum atomic E-state index is 9.81. The van der Waals surface area contributed by atoms with Crippen LogP contribution in [0.4, 0.5) is 0 Å². The molecule has 2 aromatic rings. The van der Waals surface area contributed by atoms with Crippen molar-refractivity contribution in [2.45, 2.75) is 71.0 Å². The van der Waals surface area contributed by atoms with Gasteiger partial charge in [0.1, 0.15) is 0 Å². The molecule has 1 aromatic heterocycles. The second kappa shape index (κ2) is 9.29. The van der Waals surface area contributed by atoms with Gasteiger partial charge in [-0.2, -0.15) is 0 Å². The van der Waals surface area contributed by atoms with E-state index >= 15 is 0 Å². The first-order valence-electron chi connectivity index (χ1n) is 9.62. The zero-order chi connectivity index (χ0) is 19.0. The fourth-order valence-corrected chi connectivity index (χ4v) is 2.89. The fourth-order valence-electron chi connectivity index (χ4n) is 2.89. The van der Waals surface area contributed by atoms with Gasteiger partial charge in [0.2, 0.25) is 0 Å². The van der Waals surface area contributed by atoms with E-state index in [1.54, 1.807) is 0 Å². The minimum atomic E-state index is -0.685. The first kappa shape index (κ1) is 20.6. The SMILES string of the molecule is CC(C)(O)CCOC(C)(C)c1ccc(CCCCc2ccccn2)cc1. The van der Waals surface area contributed by atoms with Gasteiger partial charge in [0, 0.05) is 11.9 Å². The van der Waals surface area contributed by atoms with Crippen LogP contribution >= 0.6 is 0 Å². The lowest BCUT2D eigenvalue weighted by atomic mass is 9.95. The molecule has 0 fully saturated rings. The summed E-state index contributed by atoms with van der Waals surface area (Å²) in [5.41, 5.74) is 2.68. The van der Waals surface area contributed by atoms with Crippen LogP contribution in [0.3, 0.4) is 0 Å². The van der Waals surface area contributed by atoms with Gasteiger partial charge in [-0.3, -0.25) is 4.98 Å². The number of hydrogen-bond acceptors (Lipinski definition) is 3. The van der Waals surface area contributed by atoms with Gasteiger partial charge in [0.05, 0.1) is 17.8 Å². The zero-order valence-corrected chi connectivity index (χ0v) is 16.7. The lowest BCUT2D eigenvalue weighted by molar-refractivity contribution is -0.0494. The lowest BCUT2D eigenvalue weighted by Crippen LogP contribution is -2.27. The standard InChI is InChI=1S/C23H33NO2/c1-22(2,25)16-18-26-23(3,4)20-14-12-19(13-15-20)9-5-6-10-21-11-7-8-17-24-21/h7-8,11-15,17,25H,5-6,9-10,16,18H2,1-4H3. The number of aliphatic hydroxyl groups is 1. The molecule has 0 atom stereocenters. The van der Waals surface area contributed by atoms with E-state index in [1.165, 1.54) is 23.2 Å². The van der Waals surface area contributed by atoms with E-state index in [4.69, 9.17) is 4.74 Å². The average Bonchev–Trinajstić information content (AvgIpc) is 2.59. The Balaban J connectivity index is 1.77. The molecule has 0 radical (unpaired) electrons. The smallest absolute Gasteiger partial charge is 0.0875 e. The van der Waals surface area contributed by atoms with Crippen LogP contribution in [0.25, 0.3) is 0 Å². The molecule has 0 unspecified atom stereocenters. The molecule has 0 aliphatic rings. The molecule has 2 rings (SSSR count). The number of ether oxygens (including phenoxy) is 1. The second-order valence-corrected chi connectivity index (χ2v) is 8.15. The Labute approximate surface area is 158 Å². The van der Waals surface area contributed by atoms with Crippen molar-refractivity contribution in [3.8, 4) is 0 Å². The largest absolute Gasteiger partial charge is 0.390 e. The van der Waals surface area contributed by atoms with E-state index in [2.05, 4.69) is 49.2 Å². The number of nitrogens with zero attached hydrogens (tertiary/aromatic N) is 1. The highest BCUT2D eigenvalue weighted by Crippen LogP contribution is 2.26. The third-order valence-electron chi connectivity index (χ3n) is 4.70. The molecule has 1 heterocycles. The molecule has 0 aliphatic carbocycles. The van der Waals surface area contributed by atoms with Crippen molar-refractivity contribution in [2.75, 3.05) is 6.61 Å². The molecule has 0 saturated carbocycles. The van der Waals surface area contributed by atoms with E-state index < -0.39 is 5.60 Å². The van der Waals surface area contributed by atoms with E-state index in [0.29, 0.717) is 13.0 Å². The van der Waals surface area contributed by atoms with E-state index in [0.717, 1.165) is 19.3 Å². The van der Waals surface area contributed by atoms with Crippen molar-refractivity contribution in [2.24, 2.45) is 0 Å². The van der Waals surface area contributed by atoms with Crippen molar-refractivity contribution in [3.63, 3.8) is 0 Å². The van der Waals surface area contributed by atoms with Crippen LogP contribution in [0.15, 0.2) is 48.7 Å². The highest BCUT2D eigenvalue weighted by atomic mass is 16.5. The van der Waals surface area contributed by atoms with Gasteiger partial charge < -0.3 is 9.84 Å². The van der Waals surface area contributed by atoms with Crippen molar-refractivity contribution in [1.82, 2.24) is 4.98 Å². The molecule has 26 heavy (non-hydrogen) atoms. The highest BCUT2D eigenvalue weighted by molar-refractivity contribution is 5.26. The van der Waals surface area contributed by atoms with Crippen LogP contribution in [0.1, 0.15) is 63.8 Å². The molecule has 1 aromatic carbocycles. The number of aryl methyl sites for hydroxylation is 2. The van der Waals surface area contributed by atoms with Crippen molar-refractivity contribution in [3.05, 3.63) is 65.5 Å². The van der Waals surface area contributed by atoms with Gasteiger partial charge in [-0.25, -0.2) is 0 Å². The van der Waals surface area contributed by atoms with E-state index in [9.17, 15) is 5.11 Å². The predicted molar refractivity (Wildman–Crippen MR) is 107 cm³/mol. The third kappa shape index (κ3) is 7.27. The molecule has 1 N–H and O–H groups in total. The molecule has 3 heteroatoms. The van der Waals surface area contributed by atoms with Crippen LogP contribution in [0.2, 0.25) is 0 Å². The summed E-state index contributed by atoms with van der Waals surface area (Å²) in [7, 11) is 0. The molecular formula is C23H33NO2. The van der Waals surface area contributed by atoms with E-state index in [-0.39, 0.29) is 5.60 Å². The first-order chi connectivity index (χ1) is 12.3. The maximum absolute atomic E-state index is 9.81. The molecule has 142 valence electrons. The summed E-state index contributed by atoms with van der Waals surface area (Å²) in [6, 6.07) is 14.8. The van der Waals surface area contributed by atoms with Crippen LogP contribution in [0, 0.1) is 0 Å². The van der Waals surface area contributed by atoms with E-state index in [1.807, 2.05) is 32.2 Å². The minimum absolute atomic E-state index is 0.344. The Morgan fingerprint density at radius 1 is 0.923 bits per heavy atom. The topological polar surface area (TPSA) is 42.4 Å². The lowest BCUT2D eigenvalue weighted by Gasteiger charge is -2.28. The van der Waals surface area contributed by atoms with Gasteiger partial charge in [-0.1, -0.05) is 30.3 Å². The summed E-state index contributed by atoms with van der Waals surface area (Å²) < 4.78 is 6.01. The molecule has 0 aliphatic heterocycles. The normalized spacial score (nSPS) is 12.3. The van der Waals surface area contributed by atoms with Crippen molar-refractivity contribution >= 4 is 0 Å². The molecular weight excluding hydrogens is 322 g/mol. The van der Waals surface area contributed by atoms with Gasteiger partial charge in [-0.05, 0) is 83.1 Å². The summed E-state index contributed by atoms with van der Waals surface area (Å²) in [5, 5.41) is 9.81. The van der Waals surface area contributed by atoms with Crippen LogP contribution in [-0.4, -0.2) is 22.3 Å². The Morgan fingerprint density at radius 3 is 2.23 bits per heavy atom. The van der Waals surface area contributed by atoms with Gasteiger partial charge in [0.15, 0.2) is 0 Å². The fraction of sp³-hybridized carbons (Fsp3) is 0.522. The zero-order valence-electron chi connectivity index (χ0n) is 16.7. The van der Waals surface area contributed by atoms with Gasteiger partial charge in [0.25, 0.3) is 0 Å². The molecule has 3 nitrogen and oxygen atoms in total. The third-order valence-corrected chi connectivity index (χ3v) is 4.70. The van der Waals surface area contributed by atoms with Crippen LogP contribution < -0.4 is 0 Å². The molecule has 0 bridgehead atoms. The molecule has 0 spiro atoms. The summed E-state index contributed by atoms with van der Waals surface area (Å²) in [6.45, 7) is 8.34. The number of pyridine rings is 1.